The molecule has 37 heavy (non-hydrogen) atoms. The number of carbonyl (C=O) groups is 2. The highest BCUT2D eigenvalue weighted by Crippen LogP contribution is 2.28. The third kappa shape index (κ3) is 7.96. The second-order valence-electron chi connectivity index (χ2n) is 9.42. The Balaban J connectivity index is 1.85. The Morgan fingerprint density at radius 2 is 1.68 bits per heavy atom. The molecule has 0 saturated carbocycles. The van der Waals surface area contributed by atoms with Gasteiger partial charge in [-0.1, -0.05) is 44.2 Å². The molecule has 0 aliphatic carbocycles. The number of aliphatic hydroxyl groups excluding tert-OH is 2. The van der Waals surface area contributed by atoms with Gasteiger partial charge in [-0.2, -0.15) is 5.10 Å². The Hall–Kier alpha value is -3.56. The van der Waals surface area contributed by atoms with Crippen LogP contribution in [0, 0.1) is 5.82 Å². The molecular formula is C28H34FN3O5. The van der Waals surface area contributed by atoms with Gasteiger partial charge in [0, 0.05) is 17.8 Å². The lowest BCUT2D eigenvalue weighted by Crippen LogP contribution is -2.27. The molecule has 0 aliphatic rings. The van der Waals surface area contributed by atoms with Crippen molar-refractivity contribution in [3.8, 4) is 5.69 Å². The van der Waals surface area contributed by atoms with E-state index < -0.39 is 30.4 Å². The van der Waals surface area contributed by atoms with Crippen LogP contribution in [0.1, 0.15) is 66.3 Å². The maximum Gasteiger partial charge on any atom is 0.305 e. The molecule has 0 saturated heterocycles. The fourth-order valence-electron chi connectivity index (χ4n) is 4.34. The molecule has 1 amide bonds. The fourth-order valence-corrected chi connectivity index (χ4v) is 4.34. The van der Waals surface area contributed by atoms with Crippen molar-refractivity contribution in [2.45, 2.75) is 64.1 Å². The maximum absolute atomic E-state index is 13.6. The number of nitrogens with one attached hydrogen (secondary N) is 1. The number of halogens is 1. The van der Waals surface area contributed by atoms with Crippen molar-refractivity contribution in [3.05, 3.63) is 82.9 Å². The minimum absolute atomic E-state index is 0.0752. The van der Waals surface area contributed by atoms with Gasteiger partial charge in [-0.3, -0.25) is 9.59 Å². The van der Waals surface area contributed by atoms with Crippen molar-refractivity contribution in [1.82, 2.24) is 15.1 Å². The summed E-state index contributed by atoms with van der Waals surface area (Å²) < 4.78 is 15.2. The topological polar surface area (TPSA) is 125 Å². The molecule has 2 atom stereocenters. The van der Waals surface area contributed by atoms with Crippen LogP contribution in [0.4, 0.5) is 4.39 Å². The van der Waals surface area contributed by atoms with Crippen LogP contribution < -0.4 is 5.32 Å². The minimum Gasteiger partial charge on any atom is -0.481 e. The zero-order valence-electron chi connectivity index (χ0n) is 21.1. The molecule has 4 N–H and O–H groups in total. The number of hydrogen-bond donors (Lipinski definition) is 4. The van der Waals surface area contributed by atoms with Gasteiger partial charge in [0.25, 0.3) is 5.91 Å². The van der Waals surface area contributed by atoms with Gasteiger partial charge >= 0.3 is 5.97 Å². The van der Waals surface area contributed by atoms with Crippen LogP contribution in [-0.2, 0) is 17.6 Å². The Labute approximate surface area is 215 Å². The van der Waals surface area contributed by atoms with Crippen LogP contribution >= 0.6 is 0 Å². The summed E-state index contributed by atoms with van der Waals surface area (Å²) in [5.41, 5.74) is 3.36. The predicted molar refractivity (Wildman–Crippen MR) is 137 cm³/mol. The van der Waals surface area contributed by atoms with Crippen molar-refractivity contribution in [2.75, 3.05) is 6.54 Å². The second-order valence-corrected chi connectivity index (χ2v) is 9.42. The summed E-state index contributed by atoms with van der Waals surface area (Å²) >= 11 is 0. The summed E-state index contributed by atoms with van der Waals surface area (Å²) in [6.45, 7) is 4.33. The lowest BCUT2D eigenvalue weighted by Gasteiger charge is -2.16. The van der Waals surface area contributed by atoms with E-state index in [2.05, 4.69) is 10.4 Å². The highest BCUT2D eigenvalue weighted by atomic mass is 19.1. The van der Waals surface area contributed by atoms with Gasteiger partial charge in [0.1, 0.15) is 5.82 Å². The number of nitrogens with zero attached hydrogens (tertiary/aromatic N) is 2. The second kappa shape index (κ2) is 13.1. The lowest BCUT2D eigenvalue weighted by atomic mass is 9.95. The van der Waals surface area contributed by atoms with Gasteiger partial charge in [-0.15, -0.1) is 0 Å². The number of aromatic nitrogens is 2. The monoisotopic (exact) mass is 511 g/mol. The number of amides is 1. The third-order valence-electron chi connectivity index (χ3n) is 6.10. The standard InChI is InChI=1S/C28H34FN3O5/c1-18(2)26-24(13-12-22(33)16-23(34)17-25(35)36)32(21-10-8-20(29)9-11-21)31-27(26)28(37)30-15-14-19-6-4-3-5-7-19/h3-11,18,22-23,33-34H,12-17H2,1-2H3,(H,30,37)(H,35,36)/t22-,23-/m1/s1. The summed E-state index contributed by atoms with van der Waals surface area (Å²) in [6.07, 6.45) is -1.44. The number of carbonyl (C=O) groups excluding carboxylic acids is 1. The zero-order valence-corrected chi connectivity index (χ0v) is 21.1. The van der Waals surface area contributed by atoms with E-state index in [9.17, 15) is 24.2 Å². The Kier molecular flexibility index (Phi) is 9.93. The molecule has 0 fully saturated rings. The van der Waals surface area contributed by atoms with Crippen molar-refractivity contribution in [3.63, 3.8) is 0 Å². The number of benzene rings is 2. The first kappa shape index (κ1) is 28.0. The highest BCUT2D eigenvalue weighted by Gasteiger charge is 2.26. The van der Waals surface area contributed by atoms with E-state index in [0.29, 0.717) is 30.8 Å². The van der Waals surface area contributed by atoms with Crippen molar-refractivity contribution < 1.29 is 29.3 Å². The molecule has 0 aliphatic heterocycles. The average molecular weight is 512 g/mol. The first-order chi connectivity index (χ1) is 17.7. The summed E-state index contributed by atoms with van der Waals surface area (Å²) in [6, 6.07) is 15.6. The molecule has 198 valence electrons. The van der Waals surface area contributed by atoms with Crippen molar-refractivity contribution in [2.24, 2.45) is 0 Å². The Morgan fingerprint density at radius 3 is 2.30 bits per heavy atom. The van der Waals surface area contributed by atoms with Crippen molar-refractivity contribution >= 4 is 11.9 Å². The predicted octanol–water partition coefficient (Wildman–Crippen LogP) is 3.63. The molecule has 0 bridgehead atoms. The SMILES string of the molecule is CC(C)c1c(C(=O)NCCc2ccccc2)nn(-c2ccc(F)cc2)c1CC[C@@H](O)C[C@@H](O)CC(=O)O. The van der Waals surface area contributed by atoms with Crippen molar-refractivity contribution in [1.29, 1.82) is 0 Å². The lowest BCUT2D eigenvalue weighted by molar-refractivity contribution is -0.139. The quantitative estimate of drug-likeness (QED) is 0.278. The molecule has 0 unspecified atom stereocenters. The van der Waals surface area contributed by atoms with E-state index in [4.69, 9.17) is 5.11 Å². The normalized spacial score (nSPS) is 12.9. The van der Waals surface area contributed by atoms with Gasteiger partial charge in [-0.05, 0) is 61.4 Å². The van der Waals surface area contributed by atoms with Crippen LogP contribution in [0.3, 0.4) is 0 Å². The van der Waals surface area contributed by atoms with E-state index in [0.717, 1.165) is 11.1 Å². The summed E-state index contributed by atoms with van der Waals surface area (Å²) in [7, 11) is 0. The smallest absolute Gasteiger partial charge is 0.305 e. The number of hydrogen-bond acceptors (Lipinski definition) is 5. The average Bonchev–Trinajstić information content (AvgIpc) is 3.23. The number of carboxylic acid groups (broad SMARTS) is 1. The van der Waals surface area contributed by atoms with Gasteiger partial charge in [-0.25, -0.2) is 9.07 Å². The summed E-state index contributed by atoms with van der Waals surface area (Å²) in [5.74, 6) is -1.93. The number of carboxylic acids is 1. The molecule has 2 aromatic carbocycles. The van der Waals surface area contributed by atoms with Crippen LogP contribution in [0.25, 0.3) is 5.69 Å². The van der Waals surface area contributed by atoms with Crippen LogP contribution in [-0.4, -0.2) is 55.7 Å². The number of rotatable bonds is 13. The molecule has 0 radical (unpaired) electrons. The van der Waals surface area contributed by atoms with E-state index in [1.165, 1.54) is 12.1 Å². The minimum atomic E-state index is -1.16. The first-order valence-electron chi connectivity index (χ1n) is 12.4. The summed E-state index contributed by atoms with van der Waals surface area (Å²) in [4.78, 5) is 24.0. The van der Waals surface area contributed by atoms with E-state index in [1.807, 2.05) is 44.2 Å². The number of aliphatic carboxylic acids is 1. The number of aliphatic hydroxyl groups is 2. The molecule has 0 spiro atoms. The molecule has 9 heteroatoms. The molecule has 3 rings (SSSR count). The third-order valence-corrected chi connectivity index (χ3v) is 6.10. The highest BCUT2D eigenvalue weighted by molar-refractivity contribution is 5.94. The van der Waals surface area contributed by atoms with E-state index >= 15 is 0 Å². The fraction of sp³-hybridized carbons (Fsp3) is 0.393. The van der Waals surface area contributed by atoms with Crippen LogP contribution in [0.15, 0.2) is 54.6 Å². The van der Waals surface area contributed by atoms with Gasteiger partial charge < -0.3 is 20.6 Å². The summed E-state index contributed by atoms with van der Waals surface area (Å²) in [5, 5.41) is 36.7. The maximum atomic E-state index is 13.6. The molecule has 1 heterocycles. The van der Waals surface area contributed by atoms with Gasteiger partial charge in [0.2, 0.25) is 0 Å². The molecule has 8 nitrogen and oxygen atoms in total. The van der Waals surface area contributed by atoms with E-state index in [-0.39, 0.29) is 30.4 Å². The van der Waals surface area contributed by atoms with Gasteiger partial charge in [0.15, 0.2) is 5.69 Å². The van der Waals surface area contributed by atoms with Crippen LogP contribution in [0.2, 0.25) is 0 Å². The zero-order chi connectivity index (χ0) is 26.9. The Bertz CT molecular complexity index is 1180. The largest absolute Gasteiger partial charge is 0.481 e. The Morgan fingerprint density at radius 1 is 1.00 bits per heavy atom. The molecule has 1 aromatic heterocycles. The molecule has 3 aromatic rings. The van der Waals surface area contributed by atoms with Gasteiger partial charge in [0.05, 0.1) is 24.3 Å². The van der Waals surface area contributed by atoms with E-state index in [1.54, 1.807) is 16.8 Å². The first-order valence-corrected chi connectivity index (χ1v) is 12.4. The molecular weight excluding hydrogens is 477 g/mol. The van der Waals surface area contributed by atoms with Crippen LogP contribution in [0.5, 0.6) is 0 Å².